The van der Waals surface area contributed by atoms with Crippen molar-refractivity contribution >= 4 is 19.2 Å². The Balaban J connectivity index is 2.36. The molecular formula is C18H23N2O2P. The number of amides is 1. The fourth-order valence-electron chi connectivity index (χ4n) is 2.45. The first kappa shape index (κ1) is 17.5. The molecule has 0 aliphatic rings. The van der Waals surface area contributed by atoms with Gasteiger partial charge in [-0.25, -0.2) is 0 Å². The number of benzene rings is 2. The topological polar surface area (TPSA) is 40.6 Å². The Morgan fingerprint density at radius 2 is 1.39 bits per heavy atom. The maximum atomic E-state index is 12.9. The van der Waals surface area contributed by atoms with Crippen molar-refractivity contribution in [1.82, 2.24) is 9.79 Å². The van der Waals surface area contributed by atoms with Gasteiger partial charge in [0, 0.05) is 17.9 Å². The first-order chi connectivity index (χ1) is 10.8. The van der Waals surface area contributed by atoms with Crippen molar-refractivity contribution in [3.63, 3.8) is 0 Å². The van der Waals surface area contributed by atoms with Gasteiger partial charge in [-0.2, -0.15) is 4.78 Å². The predicted molar refractivity (Wildman–Crippen MR) is 95.2 cm³/mol. The number of rotatable bonds is 4. The van der Waals surface area contributed by atoms with Crippen LogP contribution in [0.3, 0.4) is 0 Å². The highest BCUT2D eigenvalue weighted by Gasteiger charge is 2.33. The largest absolute Gasteiger partial charge is 0.303 e. The second kappa shape index (κ2) is 7.12. The average Bonchev–Trinajstić information content (AvgIpc) is 2.54. The van der Waals surface area contributed by atoms with Crippen LogP contribution in [-0.4, -0.2) is 28.3 Å². The van der Waals surface area contributed by atoms with Gasteiger partial charge in [-0.05, 0) is 32.9 Å². The number of carbonyl (C=O) groups is 1. The maximum Gasteiger partial charge on any atom is 0.268 e. The lowest BCUT2D eigenvalue weighted by Crippen LogP contribution is -2.52. The molecule has 0 N–H and O–H groups in total. The van der Waals surface area contributed by atoms with Gasteiger partial charge in [0.05, 0.1) is 5.54 Å². The average molecular weight is 330 g/mol. The Kier molecular flexibility index (Phi) is 5.40. The summed E-state index contributed by atoms with van der Waals surface area (Å²) in [5, 5.41) is 2.31. The number of hydrazine groups is 1. The molecule has 0 aliphatic heterocycles. The lowest BCUT2D eigenvalue weighted by Gasteiger charge is -2.41. The van der Waals surface area contributed by atoms with Crippen molar-refractivity contribution in [1.29, 1.82) is 0 Å². The predicted octanol–water partition coefficient (Wildman–Crippen LogP) is 3.57. The van der Waals surface area contributed by atoms with E-state index in [1.54, 1.807) is 29.0 Å². The minimum absolute atomic E-state index is 0.158. The fourth-order valence-corrected chi connectivity index (χ4v) is 3.88. The third-order valence-corrected chi connectivity index (χ3v) is 5.08. The van der Waals surface area contributed by atoms with Gasteiger partial charge in [0.15, 0.2) is 7.95 Å². The molecule has 0 bridgehead atoms. The van der Waals surface area contributed by atoms with Crippen LogP contribution in [0.4, 0.5) is 0 Å². The summed E-state index contributed by atoms with van der Waals surface area (Å²) in [5.41, 5.74) is 0.0914. The summed E-state index contributed by atoms with van der Waals surface area (Å²) in [6, 6.07) is 18.3. The molecule has 1 atom stereocenters. The van der Waals surface area contributed by atoms with Crippen LogP contribution >= 0.6 is 7.95 Å². The second-order valence-corrected chi connectivity index (χ2v) is 8.18. The molecule has 122 valence electrons. The van der Waals surface area contributed by atoms with Gasteiger partial charge in [0.1, 0.15) is 0 Å². The molecule has 5 heteroatoms. The van der Waals surface area contributed by atoms with Gasteiger partial charge < -0.3 is 4.57 Å². The zero-order valence-electron chi connectivity index (χ0n) is 14.0. The zero-order chi connectivity index (χ0) is 17.0. The fraction of sp³-hybridized carbons (Fsp3) is 0.278. The molecule has 0 spiro atoms. The van der Waals surface area contributed by atoms with E-state index in [0.29, 0.717) is 5.56 Å². The summed E-state index contributed by atoms with van der Waals surface area (Å²) in [7, 11) is -0.580. The van der Waals surface area contributed by atoms with Crippen LogP contribution in [-0.2, 0) is 4.57 Å². The summed E-state index contributed by atoms with van der Waals surface area (Å²) >= 11 is 0. The van der Waals surface area contributed by atoms with Gasteiger partial charge in [-0.1, -0.05) is 48.5 Å². The monoisotopic (exact) mass is 330 g/mol. The Morgan fingerprint density at radius 1 is 0.913 bits per heavy atom. The quantitative estimate of drug-likeness (QED) is 0.635. The Hall–Kier alpha value is -1.90. The Bertz CT molecular complexity index is 681. The Morgan fingerprint density at radius 3 is 1.87 bits per heavy atom. The summed E-state index contributed by atoms with van der Waals surface area (Å²) < 4.78 is 14.5. The van der Waals surface area contributed by atoms with Crippen LogP contribution in [0.2, 0.25) is 0 Å². The van der Waals surface area contributed by atoms with E-state index >= 15 is 0 Å². The van der Waals surface area contributed by atoms with Gasteiger partial charge in [-0.15, -0.1) is 0 Å². The molecule has 0 aromatic heterocycles. The van der Waals surface area contributed by atoms with Crippen molar-refractivity contribution in [3.05, 3.63) is 66.2 Å². The van der Waals surface area contributed by atoms with Crippen LogP contribution in [0, 0.1) is 0 Å². The molecule has 23 heavy (non-hydrogen) atoms. The molecule has 2 aromatic carbocycles. The van der Waals surface area contributed by atoms with E-state index in [2.05, 4.69) is 0 Å². The minimum atomic E-state index is -2.29. The highest BCUT2D eigenvalue weighted by molar-refractivity contribution is 7.50. The molecule has 1 unspecified atom stereocenters. The molecular weight excluding hydrogens is 307 g/mol. The van der Waals surface area contributed by atoms with Crippen molar-refractivity contribution < 1.29 is 9.36 Å². The van der Waals surface area contributed by atoms with E-state index < -0.39 is 13.5 Å². The summed E-state index contributed by atoms with van der Waals surface area (Å²) in [6.45, 7) is 5.80. The molecule has 2 aromatic rings. The van der Waals surface area contributed by atoms with Crippen molar-refractivity contribution in [2.24, 2.45) is 0 Å². The normalized spacial score (nSPS) is 12.9. The van der Waals surface area contributed by atoms with Crippen LogP contribution < -0.4 is 5.30 Å². The van der Waals surface area contributed by atoms with Gasteiger partial charge in [0.25, 0.3) is 5.91 Å². The van der Waals surface area contributed by atoms with Gasteiger partial charge in [0.2, 0.25) is 0 Å². The standard InChI is InChI=1S/C18H23N2O2P/c1-18(2,3)20(17(21)15-11-7-5-8-12-15)19(4)23(22)16-13-9-6-10-14-16/h5-14,23H,1-4H3. The van der Waals surface area contributed by atoms with Gasteiger partial charge in [-0.3, -0.25) is 9.80 Å². The first-order valence-corrected chi connectivity index (χ1v) is 8.90. The smallest absolute Gasteiger partial charge is 0.268 e. The maximum absolute atomic E-state index is 12.9. The van der Waals surface area contributed by atoms with Crippen LogP contribution in [0.5, 0.6) is 0 Å². The molecule has 1 amide bonds. The Labute approximate surface area is 138 Å². The third kappa shape index (κ3) is 4.10. The van der Waals surface area contributed by atoms with E-state index in [1.807, 2.05) is 69.3 Å². The van der Waals surface area contributed by atoms with E-state index in [4.69, 9.17) is 0 Å². The number of nitrogens with zero attached hydrogens (tertiary/aromatic N) is 2. The third-order valence-electron chi connectivity index (χ3n) is 3.46. The zero-order valence-corrected chi connectivity index (χ0v) is 15.0. The summed E-state index contributed by atoms with van der Waals surface area (Å²) in [5.74, 6) is -0.158. The molecule has 0 saturated heterocycles. The first-order valence-electron chi connectivity index (χ1n) is 7.55. The van der Waals surface area contributed by atoms with Crippen molar-refractivity contribution in [2.45, 2.75) is 26.3 Å². The molecule has 0 aliphatic carbocycles. The summed E-state index contributed by atoms with van der Waals surface area (Å²) in [4.78, 5) is 12.9. The van der Waals surface area contributed by atoms with Crippen molar-refractivity contribution in [2.75, 3.05) is 7.05 Å². The minimum Gasteiger partial charge on any atom is -0.303 e. The molecule has 0 radical (unpaired) electrons. The molecule has 0 fully saturated rings. The number of hydrogen-bond donors (Lipinski definition) is 0. The number of hydrogen-bond acceptors (Lipinski definition) is 2. The summed E-state index contributed by atoms with van der Waals surface area (Å²) in [6.07, 6.45) is 0. The number of carbonyl (C=O) groups excluding carboxylic acids is 1. The van der Waals surface area contributed by atoms with E-state index in [1.165, 1.54) is 0 Å². The van der Waals surface area contributed by atoms with Crippen molar-refractivity contribution in [3.8, 4) is 0 Å². The van der Waals surface area contributed by atoms with Crippen LogP contribution in [0.1, 0.15) is 31.1 Å². The molecule has 0 saturated carbocycles. The van der Waals surface area contributed by atoms with E-state index in [-0.39, 0.29) is 5.91 Å². The van der Waals surface area contributed by atoms with E-state index in [9.17, 15) is 9.36 Å². The van der Waals surface area contributed by atoms with Crippen LogP contribution in [0.15, 0.2) is 60.7 Å². The van der Waals surface area contributed by atoms with E-state index in [0.717, 1.165) is 5.30 Å². The van der Waals surface area contributed by atoms with Crippen LogP contribution in [0.25, 0.3) is 0 Å². The highest BCUT2D eigenvalue weighted by Crippen LogP contribution is 2.32. The second-order valence-electron chi connectivity index (χ2n) is 6.35. The lowest BCUT2D eigenvalue weighted by atomic mass is 10.1. The molecule has 2 rings (SSSR count). The molecule has 0 heterocycles. The lowest BCUT2D eigenvalue weighted by molar-refractivity contribution is 0.00319. The molecule has 4 nitrogen and oxygen atoms in total. The highest BCUT2D eigenvalue weighted by atomic mass is 31.1. The van der Waals surface area contributed by atoms with Gasteiger partial charge >= 0.3 is 0 Å². The SMILES string of the molecule is CN(N(C(=O)c1ccccc1)C(C)(C)C)[PH](=O)c1ccccc1.